The average molecular weight is 264 g/mol. The van der Waals surface area contributed by atoms with E-state index >= 15 is 0 Å². The minimum atomic E-state index is -0.808. The molecule has 1 aromatic rings. The van der Waals surface area contributed by atoms with E-state index in [1.54, 1.807) is 19.1 Å². The Morgan fingerprint density at radius 3 is 2.74 bits per heavy atom. The van der Waals surface area contributed by atoms with E-state index in [9.17, 15) is 9.50 Å². The number of benzene rings is 1. The second-order valence-electron chi connectivity index (χ2n) is 5.59. The largest absolute Gasteiger partial charge is 0.389 e. The van der Waals surface area contributed by atoms with Crippen molar-refractivity contribution in [3.05, 3.63) is 35.1 Å². The average Bonchev–Trinajstić information content (AvgIpc) is 2.29. The fourth-order valence-electron chi connectivity index (χ4n) is 2.22. The summed E-state index contributed by atoms with van der Waals surface area (Å²) in [4.78, 5) is 0. The van der Waals surface area contributed by atoms with Gasteiger partial charge in [0.2, 0.25) is 0 Å². The molecule has 3 nitrogen and oxygen atoms in total. The van der Waals surface area contributed by atoms with Crippen LogP contribution in [0.4, 0.5) is 4.39 Å². The van der Waals surface area contributed by atoms with Crippen molar-refractivity contribution >= 4 is 0 Å². The van der Waals surface area contributed by atoms with Gasteiger partial charge in [0, 0.05) is 18.7 Å². The molecule has 0 bridgehead atoms. The summed E-state index contributed by atoms with van der Waals surface area (Å²) in [5.41, 5.74) is -0.315. The molecule has 0 amide bonds. The molecule has 0 radical (unpaired) electrons. The molecule has 0 fully saturated rings. The summed E-state index contributed by atoms with van der Waals surface area (Å²) in [5, 5.41) is 21.9. The lowest BCUT2D eigenvalue weighted by Gasteiger charge is -2.25. The Balaban J connectivity index is 2.57. The molecule has 1 unspecified atom stereocenters. The van der Waals surface area contributed by atoms with Crippen LogP contribution in [0.2, 0.25) is 0 Å². The number of hydrogen-bond acceptors (Lipinski definition) is 3. The lowest BCUT2D eigenvalue weighted by molar-refractivity contribution is 0.0382. The smallest absolute Gasteiger partial charge is 0.145 e. The van der Waals surface area contributed by atoms with E-state index < -0.39 is 11.4 Å². The maximum absolute atomic E-state index is 13.8. The highest BCUT2D eigenvalue weighted by atomic mass is 19.1. The van der Waals surface area contributed by atoms with Crippen LogP contribution in [0.25, 0.3) is 0 Å². The number of nitrogens with one attached hydrogen (secondary N) is 1. The van der Waals surface area contributed by atoms with Crippen LogP contribution in [-0.2, 0) is 6.54 Å². The third-order valence-corrected chi connectivity index (χ3v) is 2.87. The van der Waals surface area contributed by atoms with Gasteiger partial charge in [-0.3, -0.25) is 0 Å². The van der Waals surface area contributed by atoms with Gasteiger partial charge in [0.15, 0.2) is 0 Å². The summed E-state index contributed by atoms with van der Waals surface area (Å²) in [5.74, 6) is -0.0866. The second kappa shape index (κ2) is 6.65. The van der Waals surface area contributed by atoms with Crippen molar-refractivity contribution in [2.75, 3.05) is 6.54 Å². The predicted molar refractivity (Wildman–Crippen MR) is 72.9 cm³/mol. The van der Waals surface area contributed by atoms with Crippen LogP contribution in [0.3, 0.4) is 0 Å². The first-order valence-corrected chi connectivity index (χ1v) is 6.46. The molecular weight excluding hydrogens is 243 g/mol. The van der Waals surface area contributed by atoms with Crippen LogP contribution in [0, 0.1) is 23.1 Å². The number of hydrogen-bond donors (Lipinski definition) is 2. The van der Waals surface area contributed by atoms with Crippen molar-refractivity contribution in [3.8, 4) is 6.07 Å². The minimum absolute atomic E-state index is 0.0493. The zero-order chi connectivity index (χ0) is 14.5. The summed E-state index contributed by atoms with van der Waals surface area (Å²) in [6, 6.07) is 6.57. The summed E-state index contributed by atoms with van der Waals surface area (Å²) in [6.45, 7) is 6.55. The van der Waals surface area contributed by atoms with Crippen molar-refractivity contribution in [2.24, 2.45) is 5.92 Å². The van der Waals surface area contributed by atoms with Gasteiger partial charge in [-0.1, -0.05) is 26.0 Å². The molecule has 19 heavy (non-hydrogen) atoms. The lowest BCUT2D eigenvalue weighted by atomic mass is 9.94. The molecule has 1 atom stereocenters. The van der Waals surface area contributed by atoms with Crippen molar-refractivity contribution in [1.82, 2.24) is 5.32 Å². The molecule has 0 aromatic heterocycles. The van der Waals surface area contributed by atoms with Crippen LogP contribution < -0.4 is 5.32 Å². The monoisotopic (exact) mass is 264 g/mol. The fraction of sp³-hybridized carbons (Fsp3) is 0.533. The van der Waals surface area contributed by atoms with Gasteiger partial charge in [-0.2, -0.15) is 5.26 Å². The lowest BCUT2D eigenvalue weighted by Crippen LogP contribution is -2.38. The van der Waals surface area contributed by atoms with E-state index in [4.69, 9.17) is 5.26 Å². The molecular formula is C15H21FN2O. The van der Waals surface area contributed by atoms with Crippen LogP contribution in [0.1, 0.15) is 38.3 Å². The standard InChI is InChI=1S/C15H21FN2O/c1-11(2)7-15(3,19)10-18-9-13-6-4-5-12(8-17)14(13)16/h4-6,11,18-19H,7,9-10H2,1-3H3. The van der Waals surface area contributed by atoms with Crippen LogP contribution in [-0.4, -0.2) is 17.3 Å². The molecule has 0 saturated heterocycles. The quantitative estimate of drug-likeness (QED) is 0.830. The molecule has 4 heteroatoms. The van der Waals surface area contributed by atoms with Crippen molar-refractivity contribution in [1.29, 1.82) is 5.26 Å². The van der Waals surface area contributed by atoms with Crippen LogP contribution in [0.15, 0.2) is 18.2 Å². The molecule has 0 saturated carbocycles. The van der Waals surface area contributed by atoms with Crippen molar-refractivity contribution in [3.63, 3.8) is 0 Å². The van der Waals surface area contributed by atoms with E-state index in [2.05, 4.69) is 5.32 Å². The Labute approximate surface area is 114 Å². The number of nitriles is 1. The normalized spacial score (nSPS) is 14.2. The zero-order valence-electron chi connectivity index (χ0n) is 11.7. The van der Waals surface area contributed by atoms with E-state index in [0.29, 0.717) is 31.0 Å². The predicted octanol–water partition coefficient (Wildman–Crippen LogP) is 2.58. The number of nitrogens with zero attached hydrogens (tertiary/aromatic N) is 1. The van der Waals surface area contributed by atoms with Gasteiger partial charge in [-0.05, 0) is 25.3 Å². The van der Waals surface area contributed by atoms with Gasteiger partial charge >= 0.3 is 0 Å². The van der Waals surface area contributed by atoms with E-state index in [1.807, 2.05) is 19.9 Å². The summed E-state index contributed by atoms with van der Waals surface area (Å²) in [7, 11) is 0. The third kappa shape index (κ3) is 4.98. The second-order valence-corrected chi connectivity index (χ2v) is 5.59. The molecule has 0 aliphatic rings. The Morgan fingerprint density at radius 2 is 2.16 bits per heavy atom. The zero-order valence-corrected chi connectivity index (χ0v) is 11.7. The number of rotatable bonds is 6. The van der Waals surface area contributed by atoms with Crippen molar-refractivity contribution < 1.29 is 9.50 Å². The van der Waals surface area contributed by atoms with E-state index in [0.717, 1.165) is 0 Å². The van der Waals surface area contributed by atoms with Crippen molar-refractivity contribution in [2.45, 2.75) is 39.3 Å². The van der Waals surface area contributed by atoms with Gasteiger partial charge in [0.05, 0.1) is 11.2 Å². The van der Waals surface area contributed by atoms with Crippen LogP contribution in [0.5, 0.6) is 0 Å². The Kier molecular flexibility index (Phi) is 5.46. The molecule has 1 aromatic carbocycles. The topological polar surface area (TPSA) is 56.0 Å². The molecule has 104 valence electrons. The third-order valence-electron chi connectivity index (χ3n) is 2.87. The van der Waals surface area contributed by atoms with E-state index in [1.165, 1.54) is 6.07 Å². The van der Waals surface area contributed by atoms with Gasteiger partial charge in [0.1, 0.15) is 11.9 Å². The minimum Gasteiger partial charge on any atom is -0.389 e. The Hall–Kier alpha value is -1.44. The molecule has 0 spiro atoms. The number of halogens is 1. The highest BCUT2D eigenvalue weighted by Crippen LogP contribution is 2.16. The highest BCUT2D eigenvalue weighted by molar-refractivity contribution is 5.34. The van der Waals surface area contributed by atoms with Gasteiger partial charge in [0.25, 0.3) is 0 Å². The first-order valence-electron chi connectivity index (χ1n) is 6.46. The Bertz CT molecular complexity index is 464. The molecule has 1 rings (SSSR count). The molecule has 0 heterocycles. The fourth-order valence-corrected chi connectivity index (χ4v) is 2.22. The Morgan fingerprint density at radius 1 is 1.47 bits per heavy atom. The first-order chi connectivity index (χ1) is 8.85. The summed E-state index contributed by atoms with van der Waals surface area (Å²) >= 11 is 0. The molecule has 2 N–H and O–H groups in total. The SMILES string of the molecule is CC(C)CC(C)(O)CNCc1cccc(C#N)c1F. The maximum atomic E-state index is 13.8. The molecule has 0 aliphatic heterocycles. The van der Waals surface area contributed by atoms with Gasteiger partial charge in [-0.25, -0.2) is 4.39 Å². The van der Waals surface area contributed by atoms with Gasteiger partial charge in [-0.15, -0.1) is 0 Å². The summed E-state index contributed by atoms with van der Waals surface area (Å²) < 4.78 is 13.8. The summed E-state index contributed by atoms with van der Waals surface area (Å²) in [6.07, 6.45) is 0.681. The highest BCUT2D eigenvalue weighted by Gasteiger charge is 2.21. The van der Waals surface area contributed by atoms with Gasteiger partial charge < -0.3 is 10.4 Å². The number of aliphatic hydroxyl groups is 1. The van der Waals surface area contributed by atoms with Crippen LogP contribution >= 0.6 is 0 Å². The first kappa shape index (κ1) is 15.6. The molecule has 0 aliphatic carbocycles. The van der Waals surface area contributed by atoms with E-state index in [-0.39, 0.29) is 5.56 Å². The maximum Gasteiger partial charge on any atom is 0.145 e.